The van der Waals surface area contributed by atoms with Crippen molar-refractivity contribution in [2.75, 3.05) is 0 Å². The van der Waals surface area contributed by atoms with E-state index in [4.69, 9.17) is 34.8 Å². The summed E-state index contributed by atoms with van der Waals surface area (Å²) in [7, 11) is 0. The topological polar surface area (TPSA) is 49.4 Å². The summed E-state index contributed by atoms with van der Waals surface area (Å²) in [5.74, 6) is -1.37. The molecule has 0 bridgehead atoms. The van der Waals surface area contributed by atoms with Crippen molar-refractivity contribution >= 4 is 46.6 Å². The Hall–Kier alpha value is -1.82. The number of nitrogens with one attached hydrogen (secondary N) is 1. The van der Waals surface area contributed by atoms with Crippen LogP contribution in [0.25, 0.3) is 0 Å². The van der Waals surface area contributed by atoms with Crippen molar-refractivity contribution in [2.24, 2.45) is 0 Å². The third-order valence-electron chi connectivity index (χ3n) is 4.95. The predicted octanol–water partition coefficient (Wildman–Crippen LogP) is 5.66. The van der Waals surface area contributed by atoms with E-state index in [2.05, 4.69) is 5.32 Å². The first-order chi connectivity index (χ1) is 14.1. The van der Waals surface area contributed by atoms with E-state index in [0.717, 1.165) is 6.42 Å². The molecule has 2 aromatic rings. The van der Waals surface area contributed by atoms with Crippen LogP contribution in [0, 0.1) is 5.82 Å². The second-order valence-electron chi connectivity index (χ2n) is 7.09. The van der Waals surface area contributed by atoms with Gasteiger partial charge in [0.25, 0.3) is 0 Å². The summed E-state index contributed by atoms with van der Waals surface area (Å²) in [5, 5.41) is 3.76. The Labute approximate surface area is 191 Å². The lowest BCUT2D eigenvalue weighted by Crippen LogP contribution is -2.50. The van der Waals surface area contributed by atoms with Crippen LogP contribution >= 0.6 is 34.8 Å². The van der Waals surface area contributed by atoms with Crippen LogP contribution in [0.4, 0.5) is 4.39 Å². The fourth-order valence-corrected chi connectivity index (χ4v) is 3.60. The van der Waals surface area contributed by atoms with Gasteiger partial charge in [-0.1, -0.05) is 53.9 Å². The molecule has 0 aliphatic carbocycles. The number of benzene rings is 2. The van der Waals surface area contributed by atoms with Gasteiger partial charge in [0.1, 0.15) is 11.9 Å². The van der Waals surface area contributed by atoms with Gasteiger partial charge in [-0.25, -0.2) is 4.39 Å². The average Bonchev–Trinajstić information content (AvgIpc) is 2.69. The van der Waals surface area contributed by atoms with Crippen molar-refractivity contribution in [2.45, 2.75) is 52.2 Å². The van der Waals surface area contributed by atoms with E-state index >= 15 is 0 Å². The van der Waals surface area contributed by atoms with Crippen molar-refractivity contribution in [1.82, 2.24) is 10.2 Å². The largest absolute Gasteiger partial charge is 0.352 e. The summed E-state index contributed by atoms with van der Waals surface area (Å²) in [4.78, 5) is 27.3. The summed E-state index contributed by atoms with van der Waals surface area (Å²) < 4.78 is 14.2. The summed E-state index contributed by atoms with van der Waals surface area (Å²) in [5.41, 5.74) is 0.589. The Morgan fingerprint density at radius 3 is 2.07 bits per heavy atom. The van der Waals surface area contributed by atoms with Crippen LogP contribution in [-0.2, 0) is 22.6 Å². The minimum atomic E-state index is -0.829. The molecule has 8 heteroatoms. The minimum absolute atomic E-state index is 0.00148. The SMILES string of the molecule is CC[C@H](C)NC(=O)[C@@H](C)N(Cc1c(Cl)cccc1Cl)C(=O)Cc1c(F)cccc1Cl. The molecule has 0 radical (unpaired) electrons. The number of hydrogen-bond donors (Lipinski definition) is 1. The summed E-state index contributed by atoms with van der Waals surface area (Å²) in [6.45, 7) is 5.44. The molecular weight excluding hydrogens is 450 g/mol. The summed E-state index contributed by atoms with van der Waals surface area (Å²) >= 11 is 18.6. The lowest BCUT2D eigenvalue weighted by atomic mass is 10.1. The second-order valence-corrected chi connectivity index (χ2v) is 8.31. The molecule has 4 nitrogen and oxygen atoms in total. The predicted molar refractivity (Wildman–Crippen MR) is 119 cm³/mol. The maximum Gasteiger partial charge on any atom is 0.242 e. The van der Waals surface area contributed by atoms with Crippen LogP contribution in [0.15, 0.2) is 36.4 Å². The maximum atomic E-state index is 14.2. The number of halogens is 4. The molecule has 2 aromatic carbocycles. The Morgan fingerprint density at radius 2 is 1.53 bits per heavy atom. The van der Waals surface area contributed by atoms with E-state index in [0.29, 0.717) is 15.6 Å². The van der Waals surface area contributed by atoms with Crippen LogP contribution in [-0.4, -0.2) is 28.8 Å². The van der Waals surface area contributed by atoms with Crippen LogP contribution < -0.4 is 5.32 Å². The molecule has 1 N–H and O–H groups in total. The number of nitrogens with zero attached hydrogens (tertiary/aromatic N) is 1. The molecule has 2 amide bonds. The normalized spacial score (nSPS) is 12.9. The molecule has 0 aromatic heterocycles. The first kappa shape index (κ1) is 24.4. The van der Waals surface area contributed by atoms with Crippen molar-refractivity contribution < 1.29 is 14.0 Å². The van der Waals surface area contributed by atoms with Gasteiger partial charge < -0.3 is 10.2 Å². The van der Waals surface area contributed by atoms with E-state index in [1.807, 2.05) is 13.8 Å². The molecule has 162 valence electrons. The monoisotopic (exact) mass is 472 g/mol. The standard InChI is InChI=1S/C22H24Cl3FN2O2/c1-4-13(2)27-22(30)14(3)28(12-16-18(24)7-5-8-19(16)25)21(29)11-15-17(23)9-6-10-20(15)26/h5-10,13-14H,4,11-12H2,1-3H3,(H,27,30)/t13-,14+/m0/s1. The number of carbonyl (C=O) groups excluding carboxylic acids is 2. The zero-order valence-corrected chi connectivity index (χ0v) is 19.3. The fraction of sp³-hybridized carbons (Fsp3) is 0.364. The molecule has 0 aliphatic heterocycles. The lowest BCUT2D eigenvalue weighted by Gasteiger charge is -2.30. The first-order valence-electron chi connectivity index (χ1n) is 9.61. The van der Waals surface area contributed by atoms with Gasteiger partial charge in [0.05, 0.1) is 6.42 Å². The van der Waals surface area contributed by atoms with Gasteiger partial charge in [-0.2, -0.15) is 0 Å². The van der Waals surface area contributed by atoms with E-state index < -0.39 is 17.8 Å². The van der Waals surface area contributed by atoms with Gasteiger partial charge in [0.15, 0.2) is 0 Å². The van der Waals surface area contributed by atoms with Crippen LogP contribution in [0.3, 0.4) is 0 Å². The van der Waals surface area contributed by atoms with Gasteiger partial charge in [-0.3, -0.25) is 9.59 Å². The quantitative estimate of drug-likeness (QED) is 0.538. The molecule has 2 atom stereocenters. The third-order valence-corrected chi connectivity index (χ3v) is 6.01. The highest BCUT2D eigenvalue weighted by Crippen LogP contribution is 2.27. The zero-order chi connectivity index (χ0) is 22.4. The Kier molecular flexibility index (Phi) is 8.95. The minimum Gasteiger partial charge on any atom is -0.352 e. The molecule has 0 fully saturated rings. The molecule has 30 heavy (non-hydrogen) atoms. The van der Waals surface area contributed by atoms with Crippen LogP contribution in [0.1, 0.15) is 38.3 Å². The van der Waals surface area contributed by atoms with Crippen molar-refractivity contribution in [3.63, 3.8) is 0 Å². The Morgan fingerprint density at radius 1 is 1.00 bits per heavy atom. The summed E-state index contributed by atoms with van der Waals surface area (Å²) in [6.07, 6.45) is 0.447. The molecule has 0 heterocycles. The molecule has 2 rings (SSSR count). The fourth-order valence-electron chi connectivity index (χ4n) is 2.86. The van der Waals surface area contributed by atoms with E-state index in [9.17, 15) is 14.0 Å². The van der Waals surface area contributed by atoms with Gasteiger partial charge in [-0.15, -0.1) is 0 Å². The van der Waals surface area contributed by atoms with Gasteiger partial charge in [-0.05, 0) is 44.5 Å². The van der Waals surface area contributed by atoms with Gasteiger partial charge >= 0.3 is 0 Å². The number of carbonyl (C=O) groups is 2. The molecule has 0 spiro atoms. The highest BCUT2D eigenvalue weighted by Gasteiger charge is 2.29. The highest BCUT2D eigenvalue weighted by molar-refractivity contribution is 6.36. The van der Waals surface area contributed by atoms with E-state index in [-0.39, 0.29) is 35.5 Å². The second kappa shape index (κ2) is 11.0. The van der Waals surface area contributed by atoms with Crippen molar-refractivity contribution in [1.29, 1.82) is 0 Å². The van der Waals surface area contributed by atoms with Crippen LogP contribution in [0.2, 0.25) is 15.1 Å². The zero-order valence-electron chi connectivity index (χ0n) is 17.0. The number of rotatable bonds is 8. The number of hydrogen-bond acceptors (Lipinski definition) is 2. The highest BCUT2D eigenvalue weighted by atomic mass is 35.5. The smallest absolute Gasteiger partial charge is 0.242 e. The maximum absolute atomic E-state index is 14.2. The first-order valence-corrected chi connectivity index (χ1v) is 10.7. The van der Waals surface area contributed by atoms with E-state index in [1.165, 1.54) is 23.1 Å². The van der Waals surface area contributed by atoms with Gasteiger partial charge in [0, 0.05) is 38.8 Å². The average molecular weight is 474 g/mol. The third kappa shape index (κ3) is 6.10. The molecular formula is C22H24Cl3FN2O2. The lowest BCUT2D eigenvalue weighted by molar-refractivity contribution is -0.140. The van der Waals surface area contributed by atoms with Crippen molar-refractivity contribution in [3.8, 4) is 0 Å². The van der Waals surface area contributed by atoms with E-state index in [1.54, 1.807) is 25.1 Å². The Bertz CT molecular complexity index is 883. The summed E-state index contributed by atoms with van der Waals surface area (Å²) in [6, 6.07) is 8.34. The molecule has 0 aliphatic rings. The molecule has 0 unspecified atom stereocenters. The molecule has 0 saturated carbocycles. The van der Waals surface area contributed by atoms with Crippen molar-refractivity contribution in [3.05, 3.63) is 68.4 Å². The molecule has 0 saturated heterocycles. The van der Waals surface area contributed by atoms with Crippen LogP contribution in [0.5, 0.6) is 0 Å². The Balaban J connectivity index is 2.37. The number of amides is 2. The van der Waals surface area contributed by atoms with Gasteiger partial charge in [0.2, 0.25) is 11.8 Å².